The van der Waals surface area contributed by atoms with Crippen molar-refractivity contribution in [1.82, 2.24) is 19.4 Å². The van der Waals surface area contributed by atoms with Crippen molar-refractivity contribution >= 4 is 11.8 Å². The van der Waals surface area contributed by atoms with E-state index in [1.54, 1.807) is 12.5 Å². The van der Waals surface area contributed by atoms with E-state index in [4.69, 9.17) is 0 Å². The zero-order valence-electron chi connectivity index (χ0n) is 16.9. The van der Waals surface area contributed by atoms with Gasteiger partial charge in [0.2, 0.25) is 5.91 Å². The first-order valence-corrected chi connectivity index (χ1v) is 10.2. The maximum absolute atomic E-state index is 12.8. The van der Waals surface area contributed by atoms with Gasteiger partial charge in [0.05, 0.1) is 6.33 Å². The van der Waals surface area contributed by atoms with Crippen LogP contribution in [0.1, 0.15) is 48.5 Å². The zero-order chi connectivity index (χ0) is 19.9. The van der Waals surface area contributed by atoms with Gasteiger partial charge < -0.3 is 14.4 Å². The first kappa shape index (κ1) is 20.1. The first-order chi connectivity index (χ1) is 13.6. The minimum absolute atomic E-state index is 0.0449. The average Bonchev–Trinajstić information content (AvgIpc) is 3.24. The molecule has 1 aromatic heterocycles. The van der Waals surface area contributed by atoms with Gasteiger partial charge in [0.15, 0.2) is 0 Å². The summed E-state index contributed by atoms with van der Waals surface area (Å²) in [7, 11) is 1.89. The Bertz CT molecular complexity index is 762. The van der Waals surface area contributed by atoms with Gasteiger partial charge in [-0.3, -0.25) is 9.59 Å². The quantitative estimate of drug-likeness (QED) is 0.740. The number of hydrogen-bond donors (Lipinski definition) is 0. The Morgan fingerprint density at radius 1 is 1.18 bits per heavy atom. The van der Waals surface area contributed by atoms with Crippen LogP contribution in [0.2, 0.25) is 0 Å². The molecular formula is C22H30N4O2. The van der Waals surface area contributed by atoms with Crippen molar-refractivity contribution in [3.8, 4) is 0 Å². The molecule has 0 saturated carbocycles. The molecule has 0 atom stereocenters. The van der Waals surface area contributed by atoms with Crippen molar-refractivity contribution in [2.45, 2.75) is 39.2 Å². The molecule has 1 aliphatic heterocycles. The molecule has 1 fully saturated rings. The molecule has 1 aliphatic rings. The van der Waals surface area contributed by atoms with Crippen molar-refractivity contribution in [3.63, 3.8) is 0 Å². The highest BCUT2D eigenvalue weighted by Gasteiger charge is 2.29. The smallest absolute Gasteiger partial charge is 0.253 e. The first-order valence-electron chi connectivity index (χ1n) is 10.2. The van der Waals surface area contributed by atoms with Crippen LogP contribution in [0.4, 0.5) is 0 Å². The van der Waals surface area contributed by atoms with Crippen molar-refractivity contribution < 1.29 is 9.59 Å². The number of rotatable bonds is 7. The van der Waals surface area contributed by atoms with Crippen molar-refractivity contribution in [2.75, 3.05) is 26.7 Å². The molecule has 28 heavy (non-hydrogen) atoms. The standard InChI is InChI=1S/C22H30N4O2/c1-3-4-12-24(2)21(27)20-9-13-26(14-10-20)22(28)19-7-5-18(6-8-19)16-25-15-11-23-17-25/h5-8,11,15,17,20H,3-4,9-10,12-14,16H2,1-2H3. The Balaban J connectivity index is 1.51. The highest BCUT2D eigenvalue weighted by atomic mass is 16.2. The van der Waals surface area contributed by atoms with Crippen LogP contribution in [0.25, 0.3) is 0 Å². The summed E-state index contributed by atoms with van der Waals surface area (Å²) >= 11 is 0. The van der Waals surface area contributed by atoms with Gasteiger partial charge in [0.25, 0.3) is 5.91 Å². The highest BCUT2D eigenvalue weighted by Crippen LogP contribution is 2.21. The molecule has 3 rings (SSSR count). The fourth-order valence-electron chi connectivity index (χ4n) is 3.67. The Morgan fingerprint density at radius 2 is 1.89 bits per heavy atom. The number of piperidine rings is 1. The van der Waals surface area contributed by atoms with Gasteiger partial charge in [0, 0.05) is 57.1 Å². The minimum atomic E-state index is 0.0449. The number of aromatic nitrogens is 2. The number of carbonyl (C=O) groups is 2. The molecule has 0 unspecified atom stereocenters. The third kappa shape index (κ3) is 5.00. The predicted octanol–water partition coefficient (Wildman–Crippen LogP) is 3.04. The Hall–Kier alpha value is -2.63. The number of amides is 2. The van der Waals surface area contributed by atoms with Crippen LogP contribution in [0.15, 0.2) is 43.0 Å². The van der Waals surface area contributed by atoms with Crippen molar-refractivity contribution in [2.24, 2.45) is 5.92 Å². The average molecular weight is 383 g/mol. The summed E-state index contributed by atoms with van der Waals surface area (Å²) < 4.78 is 2.00. The van der Waals surface area contributed by atoms with Gasteiger partial charge in [-0.2, -0.15) is 0 Å². The molecule has 0 spiro atoms. The largest absolute Gasteiger partial charge is 0.346 e. The van der Waals surface area contributed by atoms with Crippen LogP contribution in [0.5, 0.6) is 0 Å². The molecule has 0 radical (unpaired) electrons. The number of unbranched alkanes of at least 4 members (excludes halogenated alkanes) is 1. The molecule has 2 amide bonds. The minimum Gasteiger partial charge on any atom is -0.346 e. The van der Waals surface area contributed by atoms with Gasteiger partial charge >= 0.3 is 0 Å². The molecule has 0 aliphatic carbocycles. The van der Waals surface area contributed by atoms with E-state index in [-0.39, 0.29) is 17.7 Å². The van der Waals surface area contributed by atoms with E-state index in [2.05, 4.69) is 11.9 Å². The third-order valence-electron chi connectivity index (χ3n) is 5.48. The van der Waals surface area contributed by atoms with Gasteiger partial charge in [0.1, 0.15) is 0 Å². The van der Waals surface area contributed by atoms with Crippen LogP contribution in [0.3, 0.4) is 0 Å². The molecule has 1 saturated heterocycles. The molecule has 6 nitrogen and oxygen atoms in total. The van der Waals surface area contributed by atoms with E-state index in [1.807, 2.05) is 51.9 Å². The van der Waals surface area contributed by atoms with E-state index in [9.17, 15) is 9.59 Å². The molecule has 2 aromatic rings. The molecular weight excluding hydrogens is 352 g/mol. The zero-order valence-corrected chi connectivity index (χ0v) is 16.9. The Labute approximate surface area is 167 Å². The van der Waals surface area contributed by atoms with Gasteiger partial charge in [-0.15, -0.1) is 0 Å². The number of carbonyl (C=O) groups excluding carboxylic acids is 2. The van der Waals surface area contributed by atoms with Crippen LogP contribution >= 0.6 is 0 Å². The second-order valence-electron chi connectivity index (χ2n) is 7.61. The fraction of sp³-hybridized carbons (Fsp3) is 0.500. The van der Waals surface area contributed by atoms with E-state index in [0.717, 1.165) is 44.3 Å². The summed E-state index contributed by atoms with van der Waals surface area (Å²) in [5.41, 5.74) is 1.84. The highest BCUT2D eigenvalue weighted by molar-refractivity contribution is 5.94. The molecule has 2 heterocycles. The SMILES string of the molecule is CCCCN(C)C(=O)C1CCN(C(=O)c2ccc(Cn3ccnc3)cc2)CC1. The lowest BCUT2D eigenvalue weighted by atomic mass is 9.94. The lowest BCUT2D eigenvalue weighted by molar-refractivity contribution is -0.135. The topological polar surface area (TPSA) is 58.4 Å². The number of likely N-dealkylation sites (tertiary alicyclic amines) is 1. The van der Waals surface area contributed by atoms with E-state index < -0.39 is 0 Å². The molecule has 1 aromatic carbocycles. The number of nitrogens with zero attached hydrogens (tertiary/aromatic N) is 4. The number of hydrogen-bond acceptors (Lipinski definition) is 3. The second-order valence-corrected chi connectivity index (χ2v) is 7.61. The summed E-state index contributed by atoms with van der Waals surface area (Å²) in [6.07, 6.45) is 9.09. The summed E-state index contributed by atoms with van der Waals surface area (Å²) in [5, 5.41) is 0. The van der Waals surface area contributed by atoms with E-state index >= 15 is 0 Å². The normalized spacial score (nSPS) is 14.9. The van der Waals surface area contributed by atoms with Gasteiger partial charge in [-0.05, 0) is 37.0 Å². The molecule has 6 heteroatoms. The lowest BCUT2D eigenvalue weighted by Gasteiger charge is -2.33. The Kier molecular flexibility index (Phi) is 6.85. The monoisotopic (exact) mass is 382 g/mol. The summed E-state index contributed by atoms with van der Waals surface area (Å²) in [5.74, 6) is 0.326. The van der Waals surface area contributed by atoms with Gasteiger partial charge in [-0.25, -0.2) is 4.98 Å². The summed E-state index contributed by atoms with van der Waals surface area (Å²) in [6.45, 7) is 4.99. The molecule has 150 valence electrons. The van der Waals surface area contributed by atoms with E-state index in [1.165, 1.54) is 0 Å². The number of benzene rings is 1. The number of imidazole rings is 1. The predicted molar refractivity (Wildman–Crippen MR) is 109 cm³/mol. The fourth-order valence-corrected chi connectivity index (χ4v) is 3.67. The summed E-state index contributed by atoms with van der Waals surface area (Å²) in [4.78, 5) is 33.1. The van der Waals surface area contributed by atoms with E-state index in [0.29, 0.717) is 18.7 Å². The van der Waals surface area contributed by atoms with Crippen LogP contribution in [0, 0.1) is 5.92 Å². The molecule has 0 bridgehead atoms. The third-order valence-corrected chi connectivity index (χ3v) is 5.48. The van der Waals surface area contributed by atoms with Crippen LogP contribution in [-0.2, 0) is 11.3 Å². The van der Waals surface area contributed by atoms with Crippen LogP contribution < -0.4 is 0 Å². The Morgan fingerprint density at radius 3 is 2.50 bits per heavy atom. The van der Waals surface area contributed by atoms with Crippen LogP contribution in [-0.4, -0.2) is 57.8 Å². The van der Waals surface area contributed by atoms with Crippen molar-refractivity contribution in [3.05, 3.63) is 54.1 Å². The maximum atomic E-state index is 12.8. The van der Waals surface area contributed by atoms with Gasteiger partial charge in [-0.1, -0.05) is 25.5 Å². The molecule has 0 N–H and O–H groups in total. The second kappa shape index (κ2) is 9.53. The summed E-state index contributed by atoms with van der Waals surface area (Å²) in [6, 6.07) is 7.77. The lowest BCUT2D eigenvalue weighted by Crippen LogP contribution is -2.43. The maximum Gasteiger partial charge on any atom is 0.253 e. The van der Waals surface area contributed by atoms with Crippen molar-refractivity contribution in [1.29, 1.82) is 0 Å².